The molecule has 0 aliphatic carbocycles. The molecule has 7 heteroatoms. The second-order valence-electron chi connectivity index (χ2n) is 6.29. The molecule has 2 aliphatic rings. The van der Waals surface area contributed by atoms with Gasteiger partial charge in [0.15, 0.2) is 0 Å². The number of rotatable bonds is 3. The molecule has 1 amide bonds. The van der Waals surface area contributed by atoms with Gasteiger partial charge in [-0.05, 0) is 18.2 Å². The molecule has 2 aromatic rings. The van der Waals surface area contributed by atoms with Gasteiger partial charge in [-0.25, -0.2) is 9.97 Å². The third-order valence-electron chi connectivity index (χ3n) is 4.66. The molecule has 0 N–H and O–H groups in total. The van der Waals surface area contributed by atoms with Crippen LogP contribution in [0.1, 0.15) is 16.2 Å². The summed E-state index contributed by atoms with van der Waals surface area (Å²) in [7, 11) is 0. The van der Waals surface area contributed by atoms with Crippen molar-refractivity contribution in [1.29, 1.82) is 0 Å². The third kappa shape index (κ3) is 3.18. The maximum atomic E-state index is 12.6. The average Bonchev–Trinajstić information content (AvgIpc) is 3.22. The second kappa shape index (κ2) is 6.70. The van der Waals surface area contributed by atoms with Gasteiger partial charge in [-0.3, -0.25) is 9.69 Å². The van der Waals surface area contributed by atoms with Gasteiger partial charge in [-0.1, -0.05) is 0 Å². The molecule has 0 bridgehead atoms. The molecule has 4 rings (SSSR count). The quantitative estimate of drug-likeness (QED) is 0.838. The summed E-state index contributed by atoms with van der Waals surface area (Å²) in [6.07, 6.45) is 4.79. The summed E-state index contributed by atoms with van der Waals surface area (Å²) >= 11 is 0. The zero-order valence-corrected chi connectivity index (χ0v) is 13.4. The van der Waals surface area contributed by atoms with Crippen molar-refractivity contribution in [3.05, 3.63) is 48.4 Å². The summed E-state index contributed by atoms with van der Waals surface area (Å²) in [5.41, 5.74) is 0.439. The van der Waals surface area contributed by atoms with E-state index in [-0.39, 0.29) is 12.0 Å². The number of hydrogen-bond acceptors (Lipinski definition) is 6. The Kier molecular flexibility index (Phi) is 4.27. The Bertz CT molecular complexity index is 676. The fourth-order valence-corrected chi connectivity index (χ4v) is 3.47. The van der Waals surface area contributed by atoms with Crippen molar-refractivity contribution >= 4 is 5.91 Å². The van der Waals surface area contributed by atoms with E-state index in [4.69, 9.17) is 9.15 Å². The average molecular weight is 328 g/mol. The van der Waals surface area contributed by atoms with Crippen molar-refractivity contribution in [3.63, 3.8) is 0 Å². The van der Waals surface area contributed by atoms with Gasteiger partial charge in [-0.15, -0.1) is 0 Å². The van der Waals surface area contributed by atoms with Gasteiger partial charge in [-0.2, -0.15) is 0 Å². The molecule has 0 aromatic carbocycles. The number of carbonyl (C=O) groups is 1. The summed E-state index contributed by atoms with van der Waals surface area (Å²) in [5.74, 6) is 1.22. The van der Waals surface area contributed by atoms with Crippen molar-refractivity contribution < 1.29 is 13.9 Å². The molecule has 24 heavy (non-hydrogen) atoms. The minimum Gasteiger partial charge on any atom is -0.468 e. The summed E-state index contributed by atoms with van der Waals surface area (Å²) in [6, 6.07) is 5.55. The lowest BCUT2D eigenvalue weighted by Gasteiger charge is -2.22. The van der Waals surface area contributed by atoms with E-state index >= 15 is 0 Å². The summed E-state index contributed by atoms with van der Waals surface area (Å²) < 4.78 is 11.4. The molecule has 0 saturated carbocycles. The lowest BCUT2D eigenvalue weighted by molar-refractivity contribution is 0.0481. The van der Waals surface area contributed by atoms with Crippen LogP contribution in [0.2, 0.25) is 0 Å². The monoisotopic (exact) mass is 328 g/mol. The molecule has 2 atom stereocenters. The standard InChI is InChI=1S/C17H20N4O3/c22-17(15-3-4-18-12-19-15)21-9-13-8-20(5-7-24-16(13)11-21)10-14-2-1-6-23-14/h1-4,6,12-13,16H,5,7-11H2/t13-,16+/m0/s1. The Morgan fingerprint density at radius 3 is 3.04 bits per heavy atom. The lowest BCUT2D eigenvalue weighted by atomic mass is 10.1. The summed E-state index contributed by atoms with van der Waals surface area (Å²) in [4.78, 5) is 24.7. The molecule has 126 valence electrons. The molecular weight excluding hydrogens is 308 g/mol. The predicted molar refractivity (Wildman–Crippen MR) is 85.2 cm³/mol. The zero-order valence-electron chi connectivity index (χ0n) is 13.4. The van der Waals surface area contributed by atoms with Crippen molar-refractivity contribution in [2.24, 2.45) is 5.92 Å². The van der Waals surface area contributed by atoms with Crippen LogP contribution >= 0.6 is 0 Å². The minimum absolute atomic E-state index is 0.0494. The number of hydrogen-bond donors (Lipinski definition) is 0. The van der Waals surface area contributed by atoms with E-state index in [1.807, 2.05) is 17.0 Å². The molecule has 0 spiro atoms. The molecule has 7 nitrogen and oxygen atoms in total. The van der Waals surface area contributed by atoms with E-state index < -0.39 is 0 Å². The summed E-state index contributed by atoms with van der Waals surface area (Å²) in [5, 5.41) is 0. The first-order valence-electron chi connectivity index (χ1n) is 8.21. The number of nitrogens with zero attached hydrogens (tertiary/aromatic N) is 4. The van der Waals surface area contributed by atoms with Crippen molar-refractivity contribution in [2.75, 3.05) is 32.8 Å². The number of furan rings is 1. The fourth-order valence-electron chi connectivity index (χ4n) is 3.47. The predicted octanol–water partition coefficient (Wildman–Crippen LogP) is 1.04. The molecule has 2 saturated heterocycles. The number of carbonyl (C=O) groups excluding carboxylic acids is 1. The number of ether oxygens (including phenoxy) is 1. The van der Waals surface area contributed by atoms with Gasteiger partial charge in [0.25, 0.3) is 5.91 Å². The molecular formula is C17H20N4O3. The van der Waals surface area contributed by atoms with Gasteiger partial charge >= 0.3 is 0 Å². The maximum absolute atomic E-state index is 12.6. The van der Waals surface area contributed by atoms with Crippen LogP contribution in [-0.4, -0.2) is 64.6 Å². The van der Waals surface area contributed by atoms with Crippen molar-refractivity contribution in [1.82, 2.24) is 19.8 Å². The normalized spacial score (nSPS) is 24.6. The van der Waals surface area contributed by atoms with Crippen LogP contribution in [0.3, 0.4) is 0 Å². The minimum atomic E-state index is -0.0494. The smallest absolute Gasteiger partial charge is 0.272 e. The van der Waals surface area contributed by atoms with Crippen LogP contribution in [0.15, 0.2) is 41.4 Å². The number of likely N-dealkylation sites (tertiary alicyclic amines) is 1. The van der Waals surface area contributed by atoms with Gasteiger partial charge in [0.1, 0.15) is 17.8 Å². The highest BCUT2D eigenvalue weighted by atomic mass is 16.5. The summed E-state index contributed by atoms with van der Waals surface area (Å²) in [6.45, 7) is 4.56. The Morgan fingerprint density at radius 1 is 1.29 bits per heavy atom. The second-order valence-corrected chi connectivity index (χ2v) is 6.29. The van der Waals surface area contributed by atoms with Crippen LogP contribution in [0.4, 0.5) is 0 Å². The van der Waals surface area contributed by atoms with Gasteiger partial charge < -0.3 is 14.1 Å². The molecule has 4 heterocycles. The third-order valence-corrected chi connectivity index (χ3v) is 4.66. The fraction of sp³-hybridized carbons (Fsp3) is 0.471. The van der Waals surface area contributed by atoms with Crippen molar-refractivity contribution in [2.45, 2.75) is 12.6 Å². The van der Waals surface area contributed by atoms with E-state index in [2.05, 4.69) is 14.9 Å². The van der Waals surface area contributed by atoms with Gasteiger partial charge in [0.2, 0.25) is 0 Å². The molecule has 2 aliphatic heterocycles. The lowest BCUT2D eigenvalue weighted by Crippen LogP contribution is -2.34. The molecule has 2 fully saturated rings. The molecule has 0 radical (unpaired) electrons. The number of aromatic nitrogens is 2. The number of amides is 1. The van der Waals surface area contributed by atoms with Gasteiger partial charge in [0, 0.05) is 38.3 Å². The SMILES string of the molecule is O=C(c1ccncn1)N1C[C@@H]2CN(Cc3ccco3)CCO[C@@H]2C1. The van der Waals surface area contributed by atoms with Crippen molar-refractivity contribution in [3.8, 4) is 0 Å². The highest BCUT2D eigenvalue weighted by Crippen LogP contribution is 2.25. The Morgan fingerprint density at radius 2 is 2.25 bits per heavy atom. The van der Waals surface area contributed by atoms with E-state index in [9.17, 15) is 4.79 Å². The first kappa shape index (κ1) is 15.3. The molecule has 0 unspecified atom stereocenters. The van der Waals surface area contributed by atoms with Crippen LogP contribution < -0.4 is 0 Å². The largest absolute Gasteiger partial charge is 0.468 e. The highest BCUT2D eigenvalue weighted by Gasteiger charge is 2.39. The van der Waals surface area contributed by atoms with E-state index in [0.29, 0.717) is 31.3 Å². The zero-order chi connectivity index (χ0) is 16.4. The van der Waals surface area contributed by atoms with E-state index in [1.54, 1.807) is 18.5 Å². The van der Waals surface area contributed by atoms with Crippen LogP contribution in [0, 0.1) is 5.92 Å². The van der Waals surface area contributed by atoms with Crippen LogP contribution in [0.25, 0.3) is 0 Å². The molecule has 2 aromatic heterocycles. The van der Waals surface area contributed by atoms with E-state index in [0.717, 1.165) is 25.4 Å². The Labute approximate surface area is 140 Å². The highest BCUT2D eigenvalue weighted by molar-refractivity contribution is 5.92. The van der Waals surface area contributed by atoms with E-state index in [1.165, 1.54) is 6.33 Å². The maximum Gasteiger partial charge on any atom is 0.272 e. The van der Waals surface area contributed by atoms with Gasteiger partial charge in [0.05, 0.1) is 25.5 Å². The Hall–Kier alpha value is -2.25. The Balaban J connectivity index is 1.41. The topological polar surface area (TPSA) is 71.7 Å². The first-order valence-corrected chi connectivity index (χ1v) is 8.21. The first-order chi connectivity index (χ1) is 11.8. The van der Waals surface area contributed by atoms with Crippen LogP contribution in [0.5, 0.6) is 0 Å². The number of fused-ring (bicyclic) bond motifs is 1. The van der Waals surface area contributed by atoms with Crippen LogP contribution in [-0.2, 0) is 11.3 Å².